The van der Waals surface area contributed by atoms with Gasteiger partial charge in [0, 0.05) is 0 Å². The first-order valence-corrected chi connectivity index (χ1v) is 6.26. The molecule has 0 aromatic carbocycles. The Morgan fingerprint density at radius 1 is 1.44 bits per heavy atom. The van der Waals surface area contributed by atoms with Gasteiger partial charge in [0.1, 0.15) is 5.54 Å². The second kappa shape index (κ2) is 5.91. The molecule has 0 aromatic rings. The van der Waals surface area contributed by atoms with Gasteiger partial charge in [0.25, 0.3) is 0 Å². The van der Waals surface area contributed by atoms with E-state index in [-0.39, 0.29) is 5.92 Å². The number of halogens is 3. The number of rotatable bonds is 4. The van der Waals surface area contributed by atoms with Gasteiger partial charge in [0.15, 0.2) is 0 Å². The molecular formula is C12H20F3NO2. The standard InChI is InChI=1S/C12H20F3NO2/c1-3-9-6-4-5-7-11(9,10(17)18-2)16-8-12(13,14)15/h9,16H,3-8H2,1-2H3. The molecule has 0 aromatic heterocycles. The predicted molar refractivity (Wildman–Crippen MR) is 61.1 cm³/mol. The Labute approximate surface area is 105 Å². The molecule has 2 atom stereocenters. The summed E-state index contributed by atoms with van der Waals surface area (Å²) in [4.78, 5) is 11.9. The molecule has 1 saturated carbocycles. The first-order valence-electron chi connectivity index (χ1n) is 6.26. The normalized spacial score (nSPS) is 29.1. The van der Waals surface area contributed by atoms with E-state index < -0.39 is 24.2 Å². The van der Waals surface area contributed by atoms with Crippen LogP contribution < -0.4 is 5.32 Å². The highest BCUT2D eigenvalue weighted by Crippen LogP contribution is 2.37. The summed E-state index contributed by atoms with van der Waals surface area (Å²) in [5.74, 6) is -0.667. The largest absolute Gasteiger partial charge is 0.468 e. The number of esters is 1. The number of alkyl halides is 3. The van der Waals surface area contributed by atoms with Crippen LogP contribution in [0.4, 0.5) is 13.2 Å². The van der Waals surface area contributed by atoms with Gasteiger partial charge in [-0.15, -0.1) is 0 Å². The highest BCUT2D eigenvalue weighted by atomic mass is 19.4. The third kappa shape index (κ3) is 3.37. The van der Waals surface area contributed by atoms with Crippen molar-refractivity contribution in [3.63, 3.8) is 0 Å². The molecule has 1 aliphatic rings. The molecule has 6 heteroatoms. The Bertz CT molecular complexity index is 294. The molecule has 1 rings (SSSR count). The van der Waals surface area contributed by atoms with Crippen molar-refractivity contribution in [2.24, 2.45) is 5.92 Å². The van der Waals surface area contributed by atoms with Crippen molar-refractivity contribution in [3.05, 3.63) is 0 Å². The van der Waals surface area contributed by atoms with Gasteiger partial charge < -0.3 is 4.74 Å². The van der Waals surface area contributed by atoms with Gasteiger partial charge in [-0.05, 0) is 18.8 Å². The minimum absolute atomic E-state index is 0.0963. The quantitative estimate of drug-likeness (QED) is 0.796. The molecule has 1 N–H and O–H groups in total. The molecule has 2 unspecified atom stereocenters. The molecule has 0 heterocycles. The monoisotopic (exact) mass is 267 g/mol. The Hall–Kier alpha value is -0.780. The Balaban J connectivity index is 2.89. The summed E-state index contributed by atoms with van der Waals surface area (Å²) < 4.78 is 41.8. The fraction of sp³-hybridized carbons (Fsp3) is 0.917. The van der Waals surface area contributed by atoms with Crippen LogP contribution in [0.3, 0.4) is 0 Å². The zero-order valence-electron chi connectivity index (χ0n) is 10.8. The maximum atomic E-state index is 12.4. The van der Waals surface area contributed by atoms with Crippen LogP contribution >= 0.6 is 0 Å². The number of methoxy groups -OCH3 is 1. The maximum absolute atomic E-state index is 12.4. The summed E-state index contributed by atoms with van der Waals surface area (Å²) in [7, 11) is 1.22. The summed E-state index contributed by atoms with van der Waals surface area (Å²) in [5.41, 5.74) is -1.17. The Kier molecular flexibility index (Phi) is 5.01. The summed E-state index contributed by atoms with van der Waals surface area (Å²) >= 11 is 0. The van der Waals surface area contributed by atoms with Gasteiger partial charge in [-0.3, -0.25) is 10.1 Å². The average Bonchev–Trinajstić information content (AvgIpc) is 2.34. The summed E-state index contributed by atoms with van der Waals surface area (Å²) in [6.45, 7) is 0.738. The van der Waals surface area contributed by atoms with E-state index in [1.165, 1.54) is 7.11 Å². The molecule has 3 nitrogen and oxygen atoms in total. The van der Waals surface area contributed by atoms with Crippen molar-refractivity contribution in [2.45, 2.75) is 50.7 Å². The fourth-order valence-corrected chi connectivity index (χ4v) is 2.81. The third-order valence-electron chi connectivity index (χ3n) is 3.72. The van der Waals surface area contributed by atoms with E-state index in [4.69, 9.17) is 4.74 Å². The van der Waals surface area contributed by atoms with Crippen LogP contribution in [0, 0.1) is 5.92 Å². The van der Waals surface area contributed by atoms with Gasteiger partial charge >= 0.3 is 12.1 Å². The van der Waals surface area contributed by atoms with Crippen molar-refractivity contribution < 1.29 is 22.7 Å². The SMILES string of the molecule is CCC1CCCCC1(NCC(F)(F)F)C(=O)OC. The van der Waals surface area contributed by atoms with Crippen molar-refractivity contribution in [1.29, 1.82) is 0 Å². The lowest BCUT2D eigenvalue weighted by molar-refractivity contribution is -0.159. The van der Waals surface area contributed by atoms with Crippen molar-refractivity contribution >= 4 is 5.97 Å². The van der Waals surface area contributed by atoms with Crippen LogP contribution in [0.15, 0.2) is 0 Å². The predicted octanol–water partition coefficient (Wildman–Crippen LogP) is 2.65. The van der Waals surface area contributed by atoms with Crippen LogP contribution in [0.1, 0.15) is 39.0 Å². The zero-order chi connectivity index (χ0) is 13.8. The number of hydrogen-bond donors (Lipinski definition) is 1. The van der Waals surface area contributed by atoms with E-state index in [0.29, 0.717) is 12.8 Å². The smallest absolute Gasteiger partial charge is 0.401 e. The molecule has 1 fully saturated rings. The topological polar surface area (TPSA) is 38.3 Å². The second-order valence-electron chi connectivity index (χ2n) is 4.78. The van der Waals surface area contributed by atoms with E-state index in [2.05, 4.69) is 5.32 Å². The number of ether oxygens (including phenoxy) is 1. The molecule has 18 heavy (non-hydrogen) atoms. The first kappa shape index (κ1) is 15.3. The molecule has 0 radical (unpaired) electrons. The maximum Gasteiger partial charge on any atom is 0.401 e. The van der Waals surface area contributed by atoms with Gasteiger partial charge in [0.05, 0.1) is 13.7 Å². The second-order valence-corrected chi connectivity index (χ2v) is 4.78. The number of carbonyl (C=O) groups is 1. The van der Waals surface area contributed by atoms with Crippen LogP contribution in [0.2, 0.25) is 0 Å². The van der Waals surface area contributed by atoms with Gasteiger partial charge in [0.2, 0.25) is 0 Å². The lowest BCUT2D eigenvalue weighted by Crippen LogP contribution is -2.61. The van der Waals surface area contributed by atoms with E-state index in [1.54, 1.807) is 0 Å². The molecule has 0 bridgehead atoms. The Morgan fingerprint density at radius 3 is 2.61 bits per heavy atom. The lowest BCUT2D eigenvalue weighted by Gasteiger charge is -2.42. The lowest BCUT2D eigenvalue weighted by atomic mass is 9.71. The van der Waals surface area contributed by atoms with Crippen molar-refractivity contribution in [3.8, 4) is 0 Å². The molecule has 1 aliphatic carbocycles. The molecular weight excluding hydrogens is 247 g/mol. The molecule has 0 amide bonds. The van der Waals surface area contributed by atoms with Crippen molar-refractivity contribution in [2.75, 3.05) is 13.7 Å². The minimum Gasteiger partial charge on any atom is -0.468 e. The number of carbonyl (C=O) groups excluding carboxylic acids is 1. The highest BCUT2D eigenvalue weighted by molar-refractivity contribution is 5.81. The summed E-state index contributed by atoms with van der Waals surface area (Å²) in [6, 6.07) is 0. The average molecular weight is 267 g/mol. The summed E-state index contributed by atoms with van der Waals surface area (Å²) in [6.07, 6.45) is -0.789. The van der Waals surface area contributed by atoms with Crippen LogP contribution in [0.25, 0.3) is 0 Å². The fourth-order valence-electron chi connectivity index (χ4n) is 2.81. The van der Waals surface area contributed by atoms with E-state index in [9.17, 15) is 18.0 Å². The van der Waals surface area contributed by atoms with Gasteiger partial charge in [-0.1, -0.05) is 26.2 Å². The van der Waals surface area contributed by atoms with Gasteiger partial charge in [-0.25, -0.2) is 0 Å². The first-order chi connectivity index (χ1) is 8.35. The third-order valence-corrected chi connectivity index (χ3v) is 3.72. The zero-order valence-corrected chi connectivity index (χ0v) is 10.8. The number of nitrogens with one attached hydrogen (secondary N) is 1. The van der Waals surface area contributed by atoms with Crippen LogP contribution in [0.5, 0.6) is 0 Å². The number of hydrogen-bond acceptors (Lipinski definition) is 3. The molecule has 0 spiro atoms. The molecule has 0 saturated heterocycles. The van der Waals surface area contributed by atoms with Crippen LogP contribution in [-0.4, -0.2) is 31.3 Å². The van der Waals surface area contributed by atoms with Crippen LogP contribution in [-0.2, 0) is 9.53 Å². The van der Waals surface area contributed by atoms with Crippen molar-refractivity contribution in [1.82, 2.24) is 5.32 Å². The highest BCUT2D eigenvalue weighted by Gasteiger charge is 2.48. The van der Waals surface area contributed by atoms with E-state index in [1.807, 2.05) is 6.92 Å². The molecule has 106 valence electrons. The van der Waals surface area contributed by atoms with E-state index in [0.717, 1.165) is 19.3 Å². The van der Waals surface area contributed by atoms with E-state index >= 15 is 0 Å². The van der Waals surface area contributed by atoms with Gasteiger partial charge in [-0.2, -0.15) is 13.2 Å². The molecule has 0 aliphatic heterocycles. The summed E-state index contributed by atoms with van der Waals surface area (Å²) in [5, 5.41) is 2.43. The Morgan fingerprint density at radius 2 is 2.11 bits per heavy atom. The minimum atomic E-state index is -4.32.